The van der Waals surface area contributed by atoms with Gasteiger partial charge in [-0.2, -0.15) is 0 Å². The topological polar surface area (TPSA) is 100 Å². The molecule has 0 radical (unpaired) electrons. The number of likely N-dealkylation sites (N-methyl/N-ethyl adjacent to an activating group) is 1. The van der Waals surface area contributed by atoms with E-state index in [1.807, 2.05) is 20.8 Å². The van der Waals surface area contributed by atoms with E-state index in [4.69, 9.17) is 5.84 Å². The van der Waals surface area contributed by atoms with Gasteiger partial charge in [0.25, 0.3) is 10.0 Å². The molecule has 0 amide bonds. The van der Waals surface area contributed by atoms with Crippen LogP contribution in [0.5, 0.6) is 0 Å². The number of pyridine rings is 1. The lowest BCUT2D eigenvalue weighted by Crippen LogP contribution is -2.42. The Morgan fingerprint density at radius 1 is 1.40 bits per heavy atom. The number of nitrogens with zero attached hydrogens (tertiary/aromatic N) is 2. The summed E-state index contributed by atoms with van der Waals surface area (Å²) >= 11 is 0. The summed E-state index contributed by atoms with van der Waals surface area (Å²) in [6.45, 7) is 8.31. The van der Waals surface area contributed by atoms with Crippen LogP contribution >= 0.6 is 0 Å². The van der Waals surface area contributed by atoms with E-state index in [2.05, 4.69) is 20.0 Å². The van der Waals surface area contributed by atoms with Crippen molar-refractivity contribution in [1.29, 1.82) is 0 Å². The van der Waals surface area contributed by atoms with Crippen molar-refractivity contribution >= 4 is 15.7 Å². The van der Waals surface area contributed by atoms with Crippen LogP contribution in [-0.4, -0.2) is 44.0 Å². The fraction of sp³-hybridized carbons (Fsp3) is 0.583. The van der Waals surface area contributed by atoms with E-state index in [0.29, 0.717) is 6.54 Å². The molecule has 1 unspecified atom stereocenters. The number of nitrogen functional groups attached to an aromatic ring is 1. The molecule has 0 aliphatic carbocycles. The van der Waals surface area contributed by atoms with E-state index in [0.717, 1.165) is 13.1 Å². The normalized spacial score (nSPS) is 13.4. The van der Waals surface area contributed by atoms with Crippen molar-refractivity contribution in [3.8, 4) is 0 Å². The standard InChI is InChI=1S/C12H23N5O2S/c1-4-17(5-2)9-10(3)16-20(18,19)12-11(15-13)7-6-8-14-12/h6-8,10,15-16H,4-5,9,13H2,1-3H3. The van der Waals surface area contributed by atoms with E-state index < -0.39 is 10.0 Å². The van der Waals surface area contributed by atoms with E-state index in [1.165, 1.54) is 6.20 Å². The van der Waals surface area contributed by atoms with Gasteiger partial charge in [0.15, 0.2) is 5.03 Å². The number of sulfonamides is 1. The van der Waals surface area contributed by atoms with Crippen LogP contribution in [0.4, 0.5) is 5.69 Å². The molecule has 0 bridgehead atoms. The monoisotopic (exact) mass is 301 g/mol. The first-order valence-electron chi connectivity index (χ1n) is 6.60. The number of hydrogen-bond donors (Lipinski definition) is 3. The van der Waals surface area contributed by atoms with Gasteiger partial charge in [-0.05, 0) is 32.1 Å². The van der Waals surface area contributed by atoms with Crippen LogP contribution in [0.1, 0.15) is 20.8 Å². The zero-order valence-corrected chi connectivity index (χ0v) is 12.9. The number of nitrogens with one attached hydrogen (secondary N) is 2. The number of nitrogens with two attached hydrogens (primary N) is 1. The summed E-state index contributed by atoms with van der Waals surface area (Å²) in [5, 5.41) is -0.0890. The highest BCUT2D eigenvalue weighted by atomic mass is 32.2. The van der Waals surface area contributed by atoms with Crippen LogP contribution in [0.3, 0.4) is 0 Å². The summed E-state index contributed by atoms with van der Waals surface area (Å²) in [6, 6.07) is 2.97. The molecule has 0 aliphatic rings. The molecule has 0 saturated heterocycles. The Morgan fingerprint density at radius 3 is 2.60 bits per heavy atom. The van der Waals surface area contributed by atoms with Gasteiger partial charge in [0.05, 0.1) is 5.69 Å². The minimum Gasteiger partial charge on any atom is -0.321 e. The van der Waals surface area contributed by atoms with Crippen LogP contribution in [-0.2, 0) is 10.0 Å². The first-order chi connectivity index (χ1) is 9.44. The fourth-order valence-electron chi connectivity index (χ4n) is 1.94. The summed E-state index contributed by atoms with van der Waals surface area (Å²) in [6.07, 6.45) is 1.42. The summed E-state index contributed by atoms with van der Waals surface area (Å²) in [4.78, 5) is 6.03. The Labute approximate surface area is 120 Å². The molecule has 0 saturated carbocycles. The first kappa shape index (κ1) is 16.8. The summed E-state index contributed by atoms with van der Waals surface area (Å²) in [7, 11) is -3.69. The zero-order valence-electron chi connectivity index (χ0n) is 12.1. The molecule has 8 heteroatoms. The van der Waals surface area contributed by atoms with Crippen molar-refractivity contribution in [3.05, 3.63) is 18.3 Å². The lowest BCUT2D eigenvalue weighted by atomic mass is 10.3. The molecular formula is C12H23N5O2S. The second-order valence-corrected chi connectivity index (χ2v) is 6.14. The molecule has 1 rings (SSSR count). The number of hydrazine groups is 1. The molecule has 0 fully saturated rings. The van der Waals surface area contributed by atoms with Gasteiger partial charge >= 0.3 is 0 Å². The Balaban J connectivity index is 2.84. The third kappa shape index (κ3) is 4.41. The van der Waals surface area contributed by atoms with Gasteiger partial charge in [-0.3, -0.25) is 5.84 Å². The van der Waals surface area contributed by atoms with Crippen molar-refractivity contribution in [2.24, 2.45) is 5.84 Å². The summed E-state index contributed by atoms with van der Waals surface area (Å²) < 4.78 is 27.2. The Morgan fingerprint density at radius 2 is 2.05 bits per heavy atom. The lowest BCUT2D eigenvalue weighted by Gasteiger charge is -2.23. The molecule has 7 nitrogen and oxygen atoms in total. The quantitative estimate of drug-likeness (QED) is 0.474. The average Bonchev–Trinajstić information content (AvgIpc) is 2.44. The number of aromatic nitrogens is 1. The molecule has 1 heterocycles. The van der Waals surface area contributed by atoms with Crippen molar-refractivity contribution in [2.75, 3.05) is 25.1 Å². The minimum absolute atomic E-state index is 0.0890. The molecule has 1 atom stereocenters. The Kier molecular flexibility index (Phi) is 6.34. The SMILES string of the molecule is CCN(CC)CC(C)NS(=O)(=O)c1ncccc1NN. The third-order valence-electron chi connectivity index (χ3n) is 2.96. The Bertz CT molecular complexity index is 516. The molecule has 0 aliphatic heterocycles. The number of rotatable bonds is 8. The second-order valence-electron chi connectivity index (χ2n) is 4.51. The predicted molar refractivity (Wildman–Crippen MR) is 79.6 cm³/mol. The number of anilines is 1. The summed E-state index contributed by atoms with van der Waals surface area (Å²) in [5.41, 5.74) is 2.62. The van der Waals surface area contributed by atoms with Gasteiger partial charge in [0.2, 0.25) is 0 Å². The van der Waals surface area contributed by atoms with Crippen molar-refractivity contribution in [1.82, 2.24) is 14.6 Å². The average molecular weight is 301 g/mol. The van der Waals surface area contributed by atoms with E-state index >= 15 is 0 Å². The van der Waals surface area contributed by atoms with Crippen LogP contribution in [0.2, 0.25) is 0 Å². The highest BCUT2D eigenvalue weighted by Crippen LogP contribution is 2.16. The van der Waals surface area contributed by atoms with E-state index in [-0.39, 0.29) is 16.8 Å². The number of hydrogen-bond acceptors (Lipinski definition) is 6. The lowest BCUT2D eigenvalue weighted by molar-refractivity contribution is 0.282. The van der Waals surface area contributed by atoms with Crippen LogP contribution in [0, 0.1) is 0 Å². The van der Waals surface area contributed by atoms with Gasteiger partial charge in [-0.25, -0.2) is 18.1 Å². The van der Waals surface area contributed by atoms with Gasteiger partial charge in [0.1, 0.15) is 0 Å². The molecule has 114 valence electrons. The van der Waals surface area contributed by atoms with Crippen LogP contribution < -0.4 is 16.0 Å². The smallest absolute Gasteiger partial charge is 0.260 e. The van der Waals surface area contributed by atoms with E-state index in [9.17, 15) is 8.42 Å². The largest absolute Gasteiger partial charge is 0.321 e. The highest BCUT2D eigenvalue weighted by Gasteiger charge is 2.22. The van der Waals surface area contributed by atoms with Gasteiger partial charge in [0, 0.05) is 18.8 Å². The fourth-order valence-corrected chi connectivity index (χ4v) is 3.27. The highest BCUT2D eigenvalue weighted by molar-refractivity contribution is 7.89. The van der Waals surface area contributed by atoms with Gasteiger partial charge in [-0.1, -0.05) is 13.8 Å². The molecule has 20 heavy (non-hydrogen) atoms. The maximum Gasteiger partial charge on any atom is 0.260 e. The van der Waals surface area contributed by atoms with Crippen molar-refractivity contribution in [3.63, 3.8) is 0 Å². The summed E-state index contributed by atoms with van der Waals surface area (Å²) in [5.74, 6) is 5.31. The van der Waals surface area contributed by atoms with Crippen molar-refractivity contribution in [2.45, 2.75) is 31.8 Å². The predicted octanol–water partition coefficient (Wildman–Crippen LogP) is 0.376. The molecule has 0 spiro atoms. The Hall–Kier alpha value is -1.22. The molecular weight excluding hydrogens is 278 g/mol. The second kappa shape index (κ2) is 7.53. The molecule has 1 aromatic rings. The molecule has 4 N–H and O–H groups in total. The zero-order chi connectivity index (χ0) is 15.2. The maximum absolute atomic E-state index is 12.3. The molecule has 1 aromatic heterocycles. The van der Waals surface area contributed by atoms with Crippen LogP contribution in [0.15, 0.2) is 23.4 Å². The maximum atomic E-state index is 12.3. The third-order valence-corrected chi connectivity index (χ3v) is 4.51. The van der Waals surface area contributed by atoms with Gasteiger partial charge in [-0.15, -0.1) is 0 Å². The van der Waals surface area contributed by atoms with Gasteiger partial charge < -0.3 is 10.3 Å². The minimum atomic E-state index is -3.69. The van der Waals surface area contributed by atoms with Crippen molar-refractivity contribution < 1.29 is 8.42 Å². The molecule has 0 aromatic carbocycles. The van der Waals surface area contributed by atoms with E-state index in [1.54, 1.807) is 12.1 Å². The first-order valence-corrected chi connectivity index (χ1v) is 8.09. The van der Waals surface area contributed by atoms with Crippen LogP contribution in [0.25, 0.3) is 0 Å².